The van der Waals surface area contributed by atoms with Crippen LogP contribution in [0, 0.1) is 13.8 Å². The number of imidazole rings is 1. The van der Waals surface area contributed by atoms with Crippen LogP contribution in [0.4, 0.5) is 0 Å². The van der Waals surface area contributed by atoms with Crippen LogP contribution in [0.25, 0.3) is 11.2 Å². The molecule has 2 heterocycles. The molecule has 5 heteroatoms. The number of hydrogen-bond donors (Lipinski definition) is 1. The number of nitrogens with zero attached hydrogens (tertiary/aromatic N) is 3. The highest BCUT2D eigenvalue weighted by atomic mass is 16.4. The lowest BCUT2D eigenvalue weighted by Gasteiger charge is -2.24. The third kappa shape index (κ3) is 2.96. The molecule has 29 heavy (non-hydrogen) atoms. The van der Waals surface area contributed by atoms with Crippen LogP contribution in [0.3, 0.4) is 0 Å². The van der Waals surface area contributed by atoms with E-state index in [1.54, 1.807) is 0 Å². The van der Waals surface area contributed by atoms with E-state index in [-0.39, 0.29) is 0 Å². The van der Waals surface area contributed by atoms with Crippen molar-refractivity contribution in [2.24, 2.45) is 0 Å². The predicted molar refractivity (Wildman–Crippen MR) is 112 cm³/mol. The summed E-state index contributed by atoms with van der Waals surface area (Å²) in [6.45, 7) is 4.83. The molecule has 2 aliphatic carbocycles. The second-order valence-corrected chi connectivity index (χ2v) is 8.55. The lowest BCUT2D eigenvalue weighted by molar-refractivity contribution is -0.143. The van der Waals surface area contributed by atoms with Crippen molar-refractivity contribution >= 4 is 17.1 Å². The van der Waals surface area contributed by atoms with Gasteiger partial charge in [0.05, 0.1) is 12.0 Å². The zero-order valence-electron chi connectivity index (χ0n) is 16.9. The second-order valence-electron chi connectivity index (χ2n) is 8.55. The smallest absolute Gasteiger partial charge is 0.314 e. The van der Waals surface area contributed by atoms with Gasteiger partial charge in [-0.1, -0.05) is 36.4 Å². The Morgan fingerprint density at radius 3 is 2.45 bits per heavy atom. The third-order valence-electron chi connectivity index (χ3n) is 6.35. The first kappa shape index (κ1) is 18.1. The number of fused-ring (bicyclic) bond motifs is 1. The number of aromatic nitrogens is 3. The summed E-state index contributed by atoms with van der Waals surface area (Å²) >= 11 is 0. The Hall–Kier alpha value is -2.95. The summed E-state index contributed by atoms with van der Waals surface area (Å²) in [6.07, 6.45) is 7.43. The molecule has 0 saturated heterocycles. The number of aliphatic carboxylic acids is 1. The van der Waals surface area contributed by atoms with Crippen molar-refractivity contribution in [3.8, 4) is 0 Å². The molecule has 1 aromatic carbocycles. The molecule has 3 aromatic rings. The fourth-order valence-electron chi connectivity index (χ4n) is 4.53. The molecule has 5 nitrogen and oxygen atoms in total. The lowest BCUT2D eigenvalue weighted by Crippen LogP contribution is -2.32. The molecule has 0 aliphatic heterocycles. The van der Waals surface area contributed by atoms with Gasteiger partial charge in [0.25, 0.3) is 0 Å². The van der Waals surface area contributed by atoms with E-state index in [1.165, 1.54) is 18.4 Å². The minimum absolute atomic E-state index is 0.531. The molecule has 0 bridgehead atoms. The fraction of sp³-hybridized carbons (Fsp3) is 0.375. The number of aryl methyl sites for hydroxylation is 2. The summed E-state index contributed by atoms with van der Waals surface area (Å²) in [6, 6.07) is 10.2. The maximum atomic E-state index is 11.9. The monoisotopic (exact) mass is 387 g/mol. The Labute approximate surface area is 170 Å². The number of benzene rings is 1. The molecule has 5 rings (SSSR count). The minimum atomic E-state index is -0.810. The Balaban J connectivity index is 1.52. The first-order valence-corrected chi connectivity index (χ1v) is 10.3. The van der Waals surface area contributed by atoms with Crippen LogP contribution in [-0.4, -0.2) is 25.6 Å². The van der Waals surface area contributed by atoms with Gasteiger partial charge in [-0.2, -0.15) is 0 Å². The van der Waals surface area contributed by atoms with Gasteiger partial charge in [0, 0.05) is 11.6 Å². The number of carbonyl (C=O) groups is 1. The third-order valence-corrected chi connectivity index (χ3v) is 6.35. The largest absolute Gasteiger partial charge is 0.481 e. The molecular weight excluding hydrogens is 362 g/mol. The van der Waals surface area contributed by atoms with Crippen molar-refractivity contribution in [2.75, 3.05) is 0 Å². The molecule has 0 unspecified atom stereocenters. The van der Waals surface area contributed by atoms with Crippen LogP contribution in [0.2, 0.25) is 0 Å². The molecule has 1 fully saturated rings. The Bertz CT molecular complexity index is 1130. The van der Waals surface area contributed by atoms with E-state index >= 15 is 0 Å². The molecular formula is C24H25N3O2. The fourth-order valence-corrected chi connectivity index (χ4v) is 4.53. The maximum absolute atomic E-state index is 11.9. The molecule has 0 radical (unpaired) electrons. The first-order valence-electron chi connectivity index (χ1n) is 10.3. The van der Waals surface area contributed by atoms with Crippen molar-refractivity contribution < 1.29 is 9.90 Å². The van der Waals surface area contributed by atoms with Crippen LogP contribution < -0.4 is 0 Å². The van der Waals surface area contributed by atoms with E-state index < -0.39 is 11.4 Å². The van der Waals surface area contributed by atoms with Crippen LogP contribution in [0.5, 0.6) is 0 Å². The molecule has 2 aliphatic rings. The zero-order valence-corrected chi connectivity index (χ0v) is 16.9. The van der Waals surface area contributed by atoms with Crippen molar-refractivity contribution in [3.63, 3.8) is 0 Å². The molecule has 0 spiro atoms. The number of allylic oxidation sites excluding steroid dienone is 2. The normalized spacial score (nSPS) is 17.9. The standard InChI is InChI=1S/C24H25N3O2/c1-15-13-16(2)25-22-20(15)26-21(18-7-8-18)27(22)14-17-5-9-19(10-6-17)24(23(28)29)11-3-4-12-24/h3-6,9-10,13,18H,7-8,11-12,14H2,1-2H3,(H,28,29). The number of carboxylic acids is 1. The maximum Gasteiger partial charge on any atom is 0.314 e. The number of hydrogen-bond acceptors (Lipinski definition) is 3. The molecule has 148 valence electrons. The average Bonchev–Trinajstić information content (AvgIpc) is 3.29. The summed E-state index contributed by atoms with van der Waals surface area (Å²) in [7, 11) is 0. The van der Waals surface area contributed by atoms with E-state index in [0.717, 1.165) is 33.8 Å². The van der Waals surface area contributed by atoms with E-state index in [4.69, 9.17) is 9.97 Å². The average molecular weight is 387 g/mol. The van der Waals surface area contributed by atoms with E-state index in [0.29, 0.717) is 25.3 Å². The second kappa shape index (κ2) is 6.55. The van der Waals surface area contributed by atoms with Crippen molar-refractivity contribution in [3.05, 3.63) is 70.7 Å². The van der Waals surface area contributed by atoms with E-state index in [1.807, 2.05) is 31.2 Å². The molecule has 2 aromatic heterocycles. The van der Waals surface area contributed by atoms with Crippen molar-refractivity contribution in [1.82, 2.24) is 14.5 Å². The highest BCUT2D eigenvalue weighted by molar-refractivity contribution is 5.82. The Morgan fingerprint density at radius 2 is 1.83 bits per heavy atom. The lowest BCUT2D eigenvalue weighted by atomic mass is 9.78. The predicted octanol–water partition coefficient (Wildman–Crippen LogP) is 4.65. The van der Waals surface area contributed by atoms with Gasteiger partial charge < -0.3 is 9.67 Å². The van der Waals surface area contributed by atoms with E-state index in [9.17, 15) is 9.90 Å². The Morgan fingerprint density at radius 1 is 1.14 bits per heavy atom. The highest BCUT2D eigenvalue weighted by Crippen LogP contribution is 2.41. The summed E-state index contributed by atoms with van der Waals surface area (Å²) in [5, 5.41) is 9.81. The minimum Gasteiger partial charge on any atom is -0.481 e. The van der Waals surface area contributed by atoms with Gasteiger partial charge in [0.15, 0.2) is 5.65 Å². The van der Waals surface area contributed by atoms with E-state index in [2.05, 4.69) is 29.7 Å². The summed E-state index contributed by atoms with van der Waals surface area (Å²) in [5.74, 6) is 0.914. The zero-order chi connectivity index (χ0) is 20.2. The number of pyridine rings is 1. The van der Waals surface area contributed by atoms with Crippen molar-refractivity contribution in [2.45, 2.75) is 57.4 Å². The quantitative estimate of drug-likeness (QED) is 0.647. The molecule has 0 amide bonds. The molecule has 0 atom stereocenters. The van der Waals surface area contributed by atoms with Crippen LogP contribution in [-0.2, 0) is 16.8 Å². The first-order chi connectivity index (χ1) is 14.0. The van der Waals surface area contributed by atoms with Crippen LogP contribution >= 0.6 is 0 Å². The number of rotatable bonds is 5. The van der Waals surface area contributed by atoms with Gasteiger partial charge in [-0.15, -0.1) is 0 Å². The highest BCUT2D eigenvalue weighted by Gasteiger charge is 2.40. The van der Waals surface area contributed by atoms with Crippen LogP contribution in [0.15, 0.2) is 42.5 Å². The van der Waals surface area contributed by atoms with Gasteiger partial charge in [0.1, 0.15) is 11.3 Å². The van der Waals surface area contributed by atoms with Crippen LogP contribution in [0.1, 0.15) is 59.8 Å². The SMILES string of the molecule is Cc1cc(C)c2nc(C3CC3)n(Cc3ccc(C4(C(=O)O)CC=CC4)cc3)c2n1. The summed E-state index contributed by atoms with van der Waals surface area (Å²) in [4.78, 5) is 21.7. The van der Waals surface area contributed by atoms with Gasteiger partial charge in [0.2, 0.25) is 0 Å². The van der Waals surface area contributed by atoms with Gasteiger partial charge in [-0.25, -0.2) is 9.97 Å². The van der Waals surface area contributed by atoms with Gasteiger partial charge in [-0.05, 0) is 62.3 Å². The van der Waals surface area contributed by atoms with Gasteiger partial charge in [-0.3, -0.25) is 4.79 Å². The summed E-state index contributed by atoms with van der Waals surface area (Å²) in [5.41, 5.74) is 5.33. The van der Waals surface area contributed by atoms with Crippen molar-refractivity contribution in [1.29, 1.82) is 0 Å². The van der Waals surface area contributed by atoms with Gasteiger partial charge >= 0.3 is 5.97 Å². The Kier molecular flexibility index (Phi) is 4.09. The molecule has 1 N–H and O–H groups in total. The number of carboxylic acid groups (broad SMARTS) is 1. The molecule has 1 saturated carbocycles. The summed E-state index contributed by atoms with van der Waals surface area (Å²) < 4.78 is 2.26. The topological polar surface area (TPSA) is 68.0 Å².